The highest BCUT2D eigenvalue weighted by Gasteiger charge is 2.11. The van der Waals surface area contributed by atoms with Crippen LogP contribution >= 0.6 is 0 Å². The van der Waals surface area contributed by atoms with Crippen LogP contribution in [0.25, 0.3) is 0 Å². The largest absolute Gasteiger partial charge is 0.365 e. The summed E-state index contributed by atoms with van der Waals surface area (Å²) < 4.78 is 1.79. The molecule has 0 unspecified atom stereocenters. The van der Waals surface area contributed by atoms with Gasteiger partial charge in [-0.15, -0.1) is 0 Å². The van der Waals surface area contributed by atoms with Crippen LogP contribution < -0.4 is 10.2 Å². The molecule has 0 bridgehead atoms. The van der Waals surface area contributed by atoms with Crippen LogP contribution in [0.5, 0.6) is 0 Å². The second-order valence-corrected chi connectivity index (χ2v) is 4.99. The summed E-state index contributed by atoms with van der Waals surface area (Å²) in [4.78, 5) is 14.0. The summed E-state index contributed by atoms with van der Waals surface area (Å²) >= 11 is 0. The summed E-state index contributed by atoms with van der Waals surface area (Å²) in [6, 6.07) is 11.8. The van der Waals surface area contributed by atoms with E-state index in [0.29, 0.717) is 6.54 Å². The lowest BCUT2D eigenvalue weighted by Crippen LogP contribution is -2.30. The maximum absolute atomic E-state index is 12.1. The van der Waals surface area contributed by atoms with Crippen LogP contribution in [0, 0.1) is 0 Å². The summed E-state index contributed by atoms with van der Waals surface area (Å²) in [5, 5.41) is 7.09. The summed E-state index contributed by atoms with van der Waals surface area (Å²) in [5.74, 6) is 0.671. The summed E-state index contributed by atoms with van der Waals surface area (Å²) in [7, 11) is 1.90. The lowest BCUT2D eigenvalue weighted by atomic mass is 10.3. The molecule has 1 aromatic heterocycles. The van der Waals surface area contributed by atoms with Gasteiger partial charge in [0.1, 0.15) is 5.82 Å². The topological polar surface area (TPSA) is 50.2 Å². The van der Waals surface area contributed by atoms with Crippen molar-refractivity contribution in [3.05, 3.63) is 42.6 Å². The van der Waals surface area contributed by atoms with Crippen molar-refractivity contribution < 1.29 is 4.79 Å². The zero-order valence-corrected chi connectivity index (χ0v) is 12.1. The Morgan fingerprint density at radius 3 is 2.65 bits per heavy atom. The molecule has 1 amide bonds. The third-order valence-electron chi connectivity index (χ3n) is 3.00. The molecule has 0 aliphatic carbocycles. The minimum atomic E-state index is -0.0567. The van der Waals surface area contributed by atoms with Gasteiger partial charge in [0.25, 0.3) is 0 Å². The molecule has 5 heteroatoms. The van der Waals surface area contributed by atoms with Gasteiger partial charge in [-0.1, -0.05) is 18.2 Å². The van der Waals surface area contributed by atoms with Crippen LogP contribution in [0.4, 0.5) is 11.5 Å². The normalized spacial score (nSPS) is 10.6. The molecule has 0 radical (unpaired) electrons. The number of hydrogen-bond donors (Lipinski definition) is 1. The minimum absolute atomic E-state index is 0.0567. The van der Waals surface area contributed by atoms with E-state index in [1.54, 1.807) is 16.9 Å². The number of nitrogens with zero attached hydrogens (tertiary/aromatic N) is 3. The molecular weight excluding hydrogens is 252 g/mol. The quantitative estimate of drug-likeness (QED) is 0.910. The average molecular weight is 272 g/mol. The van der Waals surface area contributed by atoms with Gasteiger partial charge in [-0.05, 0) is 26.0 Å². The predicted molar refractivity (Wildman–Crippen MR) is 81.0 cm³/mol. The zero-order valence-electron chi connectivity index (χ0n) is 12.1. The number of aromatic nitrogens is 2. The van der Waals surface area contributed by atoms with Gasteiger partial charge < -0.3 is 10.2 Å². The Balaban J connectivity index is 1.97. The number of hydrogen-bond acceptors (Lipinski definition) is 3. The van der Waals surface area contributed by atoms with Crippen molar-refractivity contribution in [1.29, 1.82) is 0 Å². The molecule has 2 rings (SSSR count). The van der Waals surface area contributed by atoms with E-state index in [1.807, 2.05) is 56.1 Å². The third kappa shape index (κ3) is 3.38. The van der Waals surface area contributed by atoms with Crippen LogP contribution in [0.2, 0.25) is 0 Å². The fraction of sp³-hybridized carbons (Fsp3) is 0.333. The maximum atomic E-state index is 12.1. The molecule has 0 saturated heterocycles. The van der Waals surface area contributed by atoms with Gasteiger partial charge in [0.05, 0.1) is 12.7 Å². The lowest BCUT2D eigenvalue weighted by molar-refractivity contribution is -0.115. The molecule has 0 aliphatic rings. The van der Waals surface area contributed by atoms with Gasteiger partial charge in [-0.25, -0.2) is 4.68 Å². The first-order chi connectivity index (χ1) is 9.58. The molecule has 20 heavy (non-hydrogen) atoms. The van der Waals surface area contributed by atoms with Crippen molar-refractivity contribution in [3.63, 3.8) is 0 Å². The molecule has 0 fully saturated rings. The second kappa shape index (κ2) is 6.23. The van der Waals surface area contributed by atoms with Crippen LogP contribution in [0.3, 0.4) is 0 Å². The van der Waals surface area contributed by atoms with Crippen molar-refractivity contribution in [2.45, 2.75) is 19.9 Å². The molecule has 0 spiro atoms. The molecular formula is C15H20N4O. The highest BCUT2D eigenvalue weighted by molar-refractivity contribution is 5.93. The molecule has 0 atom stereocenters. The van der Waals surface area contributed by atoms with E-state index in [1.165, 1.54) is 0 Å². The van der Waals surface area contributed by atoms with Gasteiger partial charge in [-0.2, -0.15) is 5.10 Å². The van der Waals surface area contributed by atoms with E-state index in [-0.39, 0.29) is 11.9 Å². The molecule has 1 aromatic carbocycles. The molecule has 2 aromatic rings. The van der Waals surface area contributed by atoms with E-state index < -0.39 is 0 Å². The van der Waals surface area contributed by atoms with E-state index in [9.17, 15) is 4.79 Å². The van der Waals surface area contributed by atoms with Crippen molar-refractivity contribution in [2.75, 3.05) is 23.8 Å². The van der Waals surface area contributed by atoms with E-state index in [2.05, 4.69) is 10.4 Å². The predicted octanol–water partition coefficient (Wildman–Crippen LogP) is 2.54. The van der Waals surface area contributed by atoms with Gasteiger partial charge in [-0.3, -0.25) is 4.79 Å². The Morgan fingerprint density at radius 1 is 1.30 bits per heavy atom. The molecule has 106 valence electrons. The number of para-hydroxylation sites is 1. The molecule has 0 aliphatic heterocycles. The fourth-order valence-electron chi connectivity index (χ4n) is 2.00. The molecule has 0 saturated carbocycles. The van der Waals surface area contributed by atoms with Gasteiger partial charge >= 0.3 is 0 Å². The number of amides is 1. The monoisotopic (exact) mass is 272 g/mol. The first-order valence-corrected chi connectivity index (χ1v) is 6.67. The highest BCUT2D eigenvalue weighted by Crippen LogP contribution is 2.14. The zero-order chi connectivity index (χ0) is 14.5. The number of likely N-dealkylation sites (N-methyl/N-ethyl adjacent to an activating group) is 1. The number of benzene rings is 1. The smallest absolute Gasteiger partial charge is 0.245 e. The third-order valence-corrected chi connectivity index (χ3v) is 3.00. The first-order valence-electron chi connectivity index (χ1n) is 6.67. The molecule has 5 nitrogen and oxygen atoms in total. The number of carbonyl (C=O) groups is 1. The highest BCUT2D eigenvalue weighted by atomic mass is 16.2. The van der Waals surface area contributed by atoms with Crippen molar-refractivity contribution in [2.24, 2.45) is 0 Å². The number of carbonyl (C=O) groups excluding carboxylic acids is 1. The first kappa shape index (κ1) is 14.1. The second-order valence-electron chi connectivity index (χ2n) is 4.99. The van der Waals surface area contributed by atoms with Crippen LogP contribution in [0.15, 0.2) is 42.6 Å². The number of nitrogens with one attached hydrogen (secondary N) is 1. The summed E-state index contributed by atoms with van der Waals surface area (Å²) in [6.07, 6.45) is 1.69. The van der Waals surface area contributed by atoms with Crippen LogP contribution in [0.1, 0.15) is 19.9 Å². The van der Waals surface area contributed by atoms with Crippen molar-refractivity contribution in [1.82, 2.24) is 9.78 Å². The van der Waals surface area contributed by atoms with Crippen molar-refractivity contribution in [3.8, 4) is 0 Å². The van der Waals surface area contributed by atoms with E-state index in [4.69, 9.17) is 0 Å². The standard InChI is InChI=1S/C15H20N4O/c1-12(2)19-14(9-10-16-19)17-15(20)11-18(3)13-7-5-4-6-8-13/h4-10,12H,11H2,1-3H3,(H,17,20). The van der Waals surface area contributed by atoms with Crippen LogP contribution in [-0.4, -0.2) is 29.3 Å². The maximum Gasteiger partial charge on any atom is 0.245 e. The van der Waals surface area contributed by atoms with Gasteiger partial charge in [0, 0.05) is 24.8 Å². The Bertz CT molecular complexity index is 562. The summed E-state index contributed by atoms with van der Waals surface area (Å²) in [5.41, 5.74) is 1.01. The number of anilines is 2. The molecule has 1 heterocycles. The Labute approximate surface area is 119 Å². The van der Waals surface area contributed by atoms with E-state index >= 15 is 0 Å². The fourth-order valence-corrected chi connectivity index (χ4v) is 2.00. The molecule has 1 N–H and O–H groups in total. The summed E-state index contributed by atoms with van der Waals surface area (Å²) in [6.45, 7) is 4.35. The van der Waals surface area contributed by atoms with Crippen LogP contribution in [-0.2, 0) is 4.79 Å². The Morgan fingerprint density at radius 2 is 2.00 bits per heavy atom. The van der Waals surface area contributed by atoms with Gasteiger partial charge in [0.15, 0.2) is 0 Å². The Hall–Kier alpha value is -2.30. The Kier molecular flexibility index (Phi) is 4.40. The minimum Gasteiger partial charge on any atom is -0.365 e. The van der Waals surface area contributed by atoms with E-state index in [0.717, 1.165) is 11.5 Å². The SMILES string of the molecule is CC(C)n1nccc1NC(=O)CN(C)c1ccccc1. The number of rotatable bonds is 5. The lowest BCUT2D eigenvalue weighted by Gasteiger charge is -2.19. The average Bonchev–Trinajstić information content (AvgIpc) is 2.87. The van der Waals surface area contributed by atoms with Crippen molar-refractivity contribution >= 4 is 17.4 Å². The van der Waals surface area contributed by atoms with Gasteiger partial charge in [0.2, 0.25) is 5.91 Å².